The van der Waals surface area contributed by atoms with Gasteiger partial charge in [0.2, 0.25) is 0 Å². The van der Waals surface area contributed by atoms with Crippen LogP contribution in [0.1, 0.15) is 19.8 Å². The molecule has 2 aromatic rings. The molecular weight excluding hydrogens is 228 g/mol. The minimum absolute atomic E-state index is 0.219. The van der Waals surface area contributed by atoms with Crippen molar-refractivity contribution in [3.63, 3.8) is 0 Å². The number of alkyl halides is 1. The molecule has 0 aromatic carbocycles. The van der Waals surface area contributed by atoms with Crippen molar-refractivity contribution in [2.45, 2.75) is 25.1 Å². The van der Waals surface area contributed by atoms with Crippen molar-refractivity contribution in [1.82, 2.24) is 25.3 Å². The molecule has 1 unspecified atom stereocenters. The summed E-state index contributed by atoms with van der Waals surface area (Å²) in [5.41, 5.74) is 0.639. The highest BCUT2D eigenvalue weighted by Crippen LogP contribution is 2.06. The molecule has 86 valence electrons. The molecule has 6 nitrogen and oxygen atoms in total. The van der Waals surface area contributed by atoms with Gasteiger partial charge in [-0.25, -0.2) is 0 Å². The van der Waals surface area contributed by atoms with E-state index in [0.29, 0.717) is 5.65 Å². The van der Waals surface area contributed by atoms with E-state index in [1.54, 1.807) is 0 Å². The van der Waals surface area contributed by atoms with Crippen molar-refractivity contribution in [2.75, 3.05) is 11.9 Å². The van der Waals surface area contributed by atoms with Crippen LogP contribution in [0, 0.1) is 0 Å². The zero-order chi connectivity index (χ0) is 11.4. The number of fused-ring (bicyclic) bond motifs is 1. The van der Waals surface area contributed by atoms with Gasteiger partial charge < -0.3 is 5.32 Å². The van der Waals surface area contributed by atoms with E-state index in [-0.39, 0.29) is 5.38 Å². The Kier molecular flexibility index (Phi) is 3.51. The van der Waals surface area contributed by atoms with Gasteiger partial charge in [-0.3, -0.25) is 0 Å². The zero-order valence-corrected chi connectivity index (χ0v) is 9.72. The van der Waals surface area contributed by atoms with Gasteiger partial charge in [0, 0.05) is 11.9 Å². The Balaban J connectivity index is 1.89. The molecule has 2 aromatic heterocycles. The largest absolute Gasteiger partial charge is 0.369 e. The van der Waals surface area contributed by atoms with Gasteiger partial charge in [-0.05, 0) is 42.3 Å². The Morgan fingerprint density at radius 3 is 3.19 bits per heavy atom. The van der Waals surface area contributed by atoms with Gasteiger partial charge in [0.15, 0.2) is 5.65 Å². The Bertz CT molecular complexity index is 454. The summed E-state index contributed by atoms with van der Waals surface area (Å²) in [5.74, 6) is 0.766. The van der Waals surface area contributed by atoms with Gasteiger partial charge in [0.25, 0.3) is 0 Å². The summed E-state index contributed by atoms with van der Waals surface area (Å²) in [6.45, 7) is 2.84. The second-order valence-corrected chi connectivity index (χ2v) is 4.34. The van der Waals surface area contributed by atoms with Gasteiger partial charge in [-0.1, -0.05) is 0 Å². The smallest absolute Gasteiger partial charge is 0.200 e. The number of aromatic nitrogens is 5. The Morgan fingerprint density at radius 2 is 2.38 bits per heavy atom. The fourth-order valence-electron chi connectivity index (χ4n) is 1.34. The van der Waals surface area contributed by atoms with Crippen LogP contribution in [-0.2, 0) is 0 Å². The lowest BCUT2D eigenvalue weighted by Crippen LogP contribution is -2.07. The highest BCUT2D eigenvalue weighted by molar-refractivity contribution is 6.20. The average Bonchev–Trinajstić information content (AvgIpc) is 2.71. The minimum atomic E-state index is 0.219. The number of hydrogen-bond acceptors (Lipinski definition) is 5. The van der Waals surface area contributed by atoms with Gasteiger partial charge in [-0.15, -0.1) is 26.4 Å². The highest BCUT2D eigenvalue weighted by Gasteiger charge is 2.00. The van der Waals surface area contributed by atoms with Crippen LogP contribution in [0.3, 0.4) is 0 Å². The van der Waals surface area contributed by atoms with Crippen molar-refractivity contribution in [3.8, 4) is 0 Å². The van der Waals surface area contributed by atoms with E-state index in [4.69, 9.17) is 11.6 Å². The van der Waals surface area contributed by atoms with Crippen molar-refractivity contribution in [2.24, 2.45) is 0 Å². The monoisotopic (exact) mass is 240 g/mol. The number of halogens is 1. The molecule has 0 fully saturated rings. The van der Waals surface area contributed by atoms with Gasteiger partial charge >= 0.3 is 0 Å². The van der Waals surface area contributed by atoms with Crippen LogP contribution < -0.4 is 5.32 Å². The Morgan fingerprint density at radius 1 is 1.50 bits per heavy atom. The molecule has 0 aliphatic carbocycles. The summed E-state index contributed by atoms with van der Waals surface area (Å²) < 4.78 is 1.40. The molecule has 0 aliphatic rings. The standard InChI is InChI=1S/C9H13ClN6/c1-7(10)3-2-6-11-8-4-5-9-12-14-15-16(9)13-8/h4-5,7H,2-3,6H2,1H3,(H,11,13). The average molecular weight is 241 g/mol. The second-order valence-electron chi connectivity index (χ2n) is 3.59. The summed E-state index contributed by atoms with van der Waals surface area (Å²) in [6, 6.07) is 3.68. The van der Waals surface area contributed by atoms with E-state index >= 15 is 0 Å². The number of rotatable bonds is 5. The number of anilines is 1. The summed E-state index contributed by atoms with van der Waals surface area (Å²) in [5, 5.41) is 18.6. The third kappa shape index (κ3) is 2.79. The first-order valence-electron chi connectivity index (χ1n) is 5.19. The molecule has 1 N–H and O–H groups in total. The third-order valence-corrected chi connectivity index (χ3v) is 2.37. The molecule has 0 saturated heterocycles. The lowest BCUT2D eigenvalue weighted by molar-refractivity contribution is 0.722. The molecule has 0 radical (unpaired) electrons. The van der Waals surface area contributed by atoms with Crippen molar-refractivity contribution in [1.29, 1.82) is 0 Å². The molecule has 0 amide bonds. The maximum atomic E-state index is 5.85. The molecule has 0 aliphatic heterocycles. The van der Waals surface area contributed by atoms with Gasteiger partial charge in [0.05, 0.1) is 0 Å². The first kappa shape index (κ1) is 11.1. The zero-order valence-electron chi connectivity index (χ0n) is 8.97. The Hall–Kier alpha value is -1.43. The molecule has 2 heterocycles. The van der Waals surface area contributed by atoms with E-state index in [0.717, 1.165) is 25.2 Å². The summed E-state index contributed by atoms with van der Waals surface area (Å²) in [7, 11) is 0. The predicted molar refractivity (Wildman–Crippen MR) is 61.6 cm³/mol. The molecular formula is C9H13ClN6. The predicted octanol–water partition coefficient (Wildman–Crippen LogP) is 1.34. The van der Waals surface area contributed by atoms with E-state index in [1.165, 1.54) is 4.63 Å². The highest BCUT2D eigenvalue weighted by atomic mass is 35.5. The van der Waals surface area contributed by atoms with E-state index in [2.05, 4.69) is 25.9 Å². The SMILES string of the molecule is CC(Cl)CCCNc1ccc2nnnn2n1. The van der Waals surface area contributed by atoms with Crippen molar-refractivity contribution in [3.05, 3.63) is 12.1 Å². The molecule has 0 bridgehead atoms. The fourth-order valence-corrected chi connectivity index (χ4v) is 1.50. The molecule has 0 spiro atoms. The van der Waals surface area contributed by atoms with Crippen LogP contribution in [-0.4, -0.2) is 37.2 Å². The van der Waals surface area contributed by atoms with E-state index in [1.807, 2.05) is 19.1 Å². The number of hydrogen-bond donors (Lipinski definition) is 1. The van der Waals surface area contributed by atoms with Crippen molar-refractivity contribution < 1.29 is 0 Å². The number of tetrazole rings is 1. The van der Waals surface area contributed by atoms with Crippen LogP contribution in [0.25, 0.3) is 5.65 Å². The fraction of sp³-hybridized carbons (Fsp3) is 0.556. The maximum Gasteiger partial charge on any atom is 0.200 e. The number of nitrogens with one attached hydrogen (secondary N) is 1. The van der Waals surface area contributed by atoms with Crippen LogP contribution in [0.4, 0.5) is 5.82 Å². The molecule has 7 heteroatoms. The second kappa shape index (κ2) is 5.07. The first-order valence-corrected chi connectivity index (χ1v) is 5.63. The summed E-state index contributed by atoms with van der Waals surface area (Å²) in [4.78, 5) is 0. The van der Waals surface area contributed by atoms with Crippen molar-refractivity contribution >= 4 is 23.1 Å². The lowest BCUT2D eigenvalue weighted by atomic mass is 10.2. The Labute approximate surface area is 98.0 Å². The molecule has 1 atom stereocenters. The van der Waals surface area contributed by atoms with Crippen LogP contribution in [0.15, 0.2) is 12.1 Å². The quantitative estimate of drug-likeness (QED) is 0.631. The van der Waals surface area contributed by atoms with Crippen LogP contribution in [0.5, 0.6) is 0 Å². The first-order chi connectivity index (χ1) is 7.75. The molecule has 16 heavy (non-hydrogen) atoms. The molecule has 2 rings (SSSR count). The summed E-state index contributed by atoms with van der Waals surface area (Å²) >= 11 is 5.85. The lowest BCUT2D eigenvalue weighted by Gasteiger charge is -2.05. The minimum Gasteiger partial charge on any atom is -0.369 e. The number of nitrogens with zero attached hydrogens (tertiary/aromatic N) is 5. The molecule has 0 saturated carbocycles. The van der Waals surface area contributed by atoms with Gasteiger partial charge in [0.1, 0.15) is 5.82 Å². The normalized spacial score (nSPS) is 12.9. The third-order valence-electron chi connectivity index (χ3n) is 2.15. The van der Waals surface area contributed by atoms with E-state index < -0.39 is 0 Å². The van der Waals surface area contributed by atoms with Crippen LogP contribution >= 0.6 is 11.6 Å². The topological polar surface area (TPSA) is 68.0 Å². The van der Waals surface area contributed by atoms with Crippen LogP contribution in [0.2, 0.25) is 0 Å². The van der Waals surface area contributed by atoms with E-state index in [9.17, 15) is 0 Å². The van der Waals surface area contributed by atoms with Gasteiger partial charge in [-0.2, -0.15) is 0 Å². The maximum absolute atomic E-state index is 5.85. The summed E-state index contributed by atoms with van der Waals surface area (Å²) in [6.07, 6.45) is 2.00.